The van der Waals surface area contributed by atoms with Gasteiger partial charge in [0, 0.05) is 19.8 Å². The van der Waals surface area contributed by atoms with Crippen LogP contribution in [-0.2, 0) is 19.6 Å². The predicted octanol–water partition coefficient (Wildman–Crippen LogP) is 3.57. The van der Waals surface area contributed by atoms with Gasteiger partial charge in [0.05, 0.1) is 12.2 Å². The molecule has 0 aliphatic carbocycles. The van der Waals surface area contributed by atoms with Crippen LogP contribution >= 0.6 is 0 Å². The van der Waals surface area contributed by atoms with Crippen molar-refractivity contribution in [1.82, 2.24) is 15.6 Å². The summed E-state index contributed by atoms with van der Waals surface area (Å²) in [6, 6.07) is 24.3. The summed E-state index contributed by atoms with van der Waals surface area (Å²) < 4.78 is 5.83. The number of aromatic nitrogens is 1. The number of guanidine groups is 1. The van der Waals surface area contributed by atoms with Gasteiger partial charge in [-0.25, -0.2) is 0 Å². The van der Waals surface area contributed by atoms with Crippen molar-refractivity contribution in [3.63, 3.8) is 0 Å². The molecule has 3 aromatic rings. The van der Waals surface area contributed by atoms with Crippen molar-refractivity contribution in [3.8, 4) is 5.75 Å². The van der Waals surface area contributed by atoms with Crippen molar-refractivity contribution < 1.29 is 4.74 Å². The summed E-state index contributed by atoms with van der Waals surface area (Å²) in [5.74, 6) is 1.65. The third-order valence-electron chi connectivity index (χ3n) is 4.26. The van der Waals surface area contributed by atoms with Crippen LogP contribution in [0.2, 0.25) is 0 Å². The molecule has 0 atom stereocenters. The first-order chi connectivity index (χ1) is 13.8. The Kier molecular flexibility index (Phi) is 7.44. The summed E-state index contributed by atoms with van der Waals surface area (Å²) in [5.41, 5.74) is 3.40. The molecule has 0 aliphatic rings. The van der Waals surface area contributed by atoms with E-state index in [1.165, 1.54) is 11.1 Å². The normalized spacial score (nSPS) is 11.1. The lowest BCUT2D eigenvalue weighted by Gasteiger charge is -2.12. The van der Waals surface area contributed by atoms with Crippen LogP contribution in [0.3, 0.4) is 0 Å². The Balaban J connectivity index is 1.39. The second-order valence-corrected chi connectivity index (χ2v) is 6.34. The lowest BCUT2D eigenvalue weighted by Crippen LogP contribution is -2.38. The number of rotatable bonds is 8. The van der Waals surface area contributed by atoms with Gasteiger partial charge >= 0.3 is 0 Å². The monoisotopic (exact) mass is 374 g/mol. The van der Waals surface area contributed by atoms with Crippen LogP contribution in [0.5, 0.6) is 5.75 Å². The maximum atomic E-state index is 5.83. The van der Waals surface area contributed by atoms with Crippen LogP contribution in [-0.4, -0.2) is 24.5 Å². The van der Waals surface area contributed by atoms with Crippen LogP contribution < -0.4 is 15.4 Å². The molecule has 0 saturated carbocycles. The van der Waals surface area contributed by atoms with Gasteiger partial charge in [-0.15, -0.1) is 0 Å². The molecule has 0 bridgehead atoms. The number of nitrogens with zero attached hydrogens (tertiary/aromatic N) is 2. The highest BCUT2D eigenvalue weighted by molar-refractivity contribution is 5.79. The number of pyridine rings is 1. The molecule has 0 saturated heterocycles. The zero-order chi connectivity index (χ0) is 19.4. The van der Waals surface area contributed by atoms with Gasteiger partial charge in [-0.05, 0) is 41.8 Å². The molecule has 0 spiro atoms. The maximum Gasteiger partial charge on any atom is 0.191 e. The van der Waals surface area contributed by atoms with Gasteiger partial charge in [0.1, 0.15) is 12.4 Å². The molecule has 3 rings (SSSR count). The minimum absolute atomic E-state index is 0.583. The first-order valence-electron chi connectivity index (χ1n) is 9.43. The van der Waals surface area contributed by atoms with Gasteiger partial charge in [0.2, 0.25) is 0 Å². The number of hydrogen-bond donors (Lipinski definition) is 2. The Morgan fingerprint density at radius 3 is 2.39 bits per heavy atom. The lowest BCUT2D eigenvalue weighted by atomic mass is 10.1. The molecule has 1 aromatic heterocycles. The maximum absolute atomic E-state index is 5.83. The van der Waals surface area contributed by atoms with E-state index in [9.17, 15) is 0 Å². The molecule has 0 unspecified atom stereocenters. The summed E-state index contributed by atoms with van der Waals surface area (Å²) in [6.07, 6.45) is 2.70. The molecule has 5 heteroatoms. The van der Waals surface area contributed by atoms with Crippen molar-refractivity contribution in [2.24, 2.45) is 4.99 Å². The van der Waals surface area contributed by atoms with Crippen molar-refractivity contribution in [1.29, 1.82) is 0 Å². The van der Waals surface area contributed by atoms with Gasteiger partial charge in [0.15, 0.2) is 5.96 Å². The molecule has 2 aromatic carbocycles. The fourth-order valence-corrected chi connectivity index (χ4v) is 2.72. The van der Waals surface area contributed by atoms with E-state index < -0.39 is 0 Å². The highest BCUT2D eigenvalue weighted by Crippen LogP contribution is 2.14. The van der Waals surface area contributed by atoms with E-state index in [0.29, 0.717) is 13.2 Å². The van der Waals surface area contributed by atoms with Crippen LogP contribution in [0.25, 0.3) is 0 Å². The van der Waals surface area contributed by atoms with E-state index in [2.05, 4.69) is 44.9 Å². The minimum atomic E-state index is 0.583. The summed E-state index contributed by atoms with van der Waals surface area (Å²) in [4.78, 5) is 8.55. The van der Waals surface area contributed by atoms with Crippen molar-refractivity contribution in [3.05, 3.63) is 95.8 Å². The first-order valence-corrected chi connectivity index (χ1v) is 9.43. The number of hydrogen-bond acceptors (Lipinski definition) is 3. The third-order valence-corrected chi connectivity index (χ3v) is 4.26. The largest absolute Gasteiger partial charge is 0.489 e. The fourth-order valence-electron chi connectivity index (χ4n) is 2.72. The molecule has 0 radical (unpaired) electrons. The highest BCUT2D eigenvalue weighted by Gasteiger charge is 2.00. The number of ether oxygens (including phenoxy) is 1. The van der Waals surface area contributed by atoms with Gasteiger partial charge in [-0.3, -0.25) is 9.98 Å². The Bertz CT molecular complexity index is 849. The van der Waals surface area contributed by atoms with E-state index >= 15 is 0 Å². The quantitative estimate of drug-likeness (QED) is 0.467. The number of nitrogens with one attached hydrogen (secondary N) is 2. The zero-order valence-corrected chi connectivity index (χ0v) is 16.1. The van der Waals surface area contributed by atoms with Crippen LogP contribution in [0.4, 0.5) is 0 Å². The van der Waals surface area contributed by atoms with Crippen LogP contribution in [0.15, 0.2) is 84.0 Å². The molecule has 28 heavy (non-hydrogen) atoms. The van der Waals surface area contributed by atoms with E-state index in [1.54, 1.807) is 13.2 Å². The summed E-state index contributed by atoms with van der Waals surface area (Å²) >= 11 is 0. The molecule has 5 nitrogen and oxygen atoms in total. The van der Waals surface area contributed by atoms with Crippen LogP contribution in [0, 0.1) is 0 Å². The van der Waals surface area contributed by atoms with E-state index in [-0.39, 0.29) is 0 Å². The van der Waals surface area contributed by atoms with Crippen molar-refractivity contribution >= 4 is 5.96 Å². The van der Waals surface area contributed by atoms with E-state index in [0.717, 1.165) is 30.4 Å². The molecule has 0 aliphatic heterocycles. The molecule has 0 amide bonds. The first kappa shape index (κ1) is 19.4. The van der Waals surface area contributed by atoms with E-state index in [4.69, 9.17) is 4.74 Å². The van der Waals surface area contributed by atoms with Crippen LogP contribution in [0.1, 0.15) is 16.8 Å². The Hall–Kier alpha value is -3.34. The highest BCUT2D eigenvalue weighted by atomic mass is 16.5. The van der Waals surface area contributed by atoms with E-state index in [1.807, 2.05) is 48.5 Å². The topological polar surface area (TPSA) is 58.5 Å². The molecular formula is C23H26N4O. The van der Waals surface area contributed by atoms with Gasteiger partial charge < -0.3 is 15.4 Å². The average Bonchev–Trinajstić information content (AvgIpc) is 2.77. The smallest absolute Gasteiger partial charge is 0.191 e. The zero-order valence-electron chi connectivity index (χ0n) is 16.1. The van der Waals surface area contributed by atoms with Gasteiger partial charge in [-0.2, -0.15) is 0 Å². The minimum Gasteiger partial charge on any atom is -0.489 e. The SMILES string of the molecule is CN=C(NCCc1ccc(OCc2ccccc2)cc1)NCc1ccccn1. The average molecular weight is 374 g/mol. The summed E-state index contributed by atoms with van der Waals surface area (Å²) in [7, 11) is 1.77. The Labute approximate surface area is 166 Å². The molecule has 0 fully saturated rings. The van der Waals surface area contributed by atoms with Gasteiger partial charge in [-0.1, -0.05) is 48.5 Å². The molecule has 1 heterocycles. The Morgan fingerprint density at radius 1 is 0.893 bits per heavy atom. The molecule has 144 valence electrons. The molecule has 2 N–H and O–H groups in total. The lowest BCUT2D eigenvalue weighted by molar-refractivity contribution is 0.306. The summed E-state index contributed by atoms with van der Waals surface area (Å²) in [6.45, 7) is 2.03. The Morgan fingerprint density at radius 2 is 1.68 bits per heavy atom. The predicted molar refractivity (Wildman–Crippen MR) is 113 cm³/mol. The second kappa shape index (κ2) is 10.7. The third kappa shape index (κ3) is 6.43. The molecular weight excluding hydrogens is 348 g/mol. The van der Waals surface area contributed by atoms with Gasteiger partial charge in [0.25, 0.3) is 0 Å². The van der Waals surface area contributed by atoms with Crippen molar-refractivity contribution in [2.45, 2.75) is 19.6 Å². The van der Waals surface area contributed by atoms with Crippen molar-refractivity contribution in [2.75, 3.05) is 13.6 Å². The number of benzene rings is 2. The second-order valence-electron chi connectivity index (χ2n) is 6.34. The fraction of sp³-hybridized carbons (Fsp3) is 0.217. The summed E-state index contributed by atoms with van der Waals surface area (Å²) in [5, 5.41) is 6.60. The number of aliphatic imine (C=N–C) groups is 1. The standard InChI is InChI=1S/C23H26N4O/c1-24-23(27-17-21-9-5-6-15-25-21)26-16-14-19-10-12-22(13-11-19)28-18-20-7-3-2-4-8-20/h2-13,15H,14,16-18H2,1H3,(H2,24,26,27).